The minimum Gasteiger partial charge on any atom is -0.374 e. The summed E-state index contributed by atoms with van der Waals surface area (Å²) in [6.07, 6.45) is 0. The van der Waals surface area contributed by atoms with Crippen molar-refractivity contribution in [3.05, 3.63) is 0 Å². The lowest BCUT2D eigenvalue weighted by molar-refractivity contribution is 0.584. The first-order chi connectivity index (χ1) is 2.94. The fourth-order valence-electron chi connectivity index (χ4n) is 0. The van der Waals surface area contributed by atoms with Crippen LogP contribution in [0.4, 0.5) is 0 Å². The predicted octanol–water partition coefficient (Wildman–Crippen LogP) is 0.620. The van der Waals surface area contributed by atoms with Gasteiger partial charge in [-0.2, -0.15) is 0 Å². The van der Waals surface area contributed by atoms with Crippen molar-refractivity contribution in [2.75, 3.05) is 6.66 Å². The second-order valence-corrected chi connectivity index (χ2v) is 5.08. The van der Waals surface area contributed by atoms with E-state index in [9.17, 15) is 0 Å². The summed E-state index contributed by atoms with van der Waals surface area (Å²) in [6.45, 7) is 7.99. The first kappa shape index (κ1) is 11.3. The summed E-state index contributed by atoms with van der Waals surface area (Å²) in [5.74, 6) is 0. The zero-order chi connectivity index (χ0) is 6.08. The Hall–Kier alpha value is 0.455. The SMILES string of the molecule is B.CP(O)C(C)(C)C. The van der Waals surface area contributed by atoms with E-state index in [-0.39, 0.29) is 13.6 Å². The highest BCUT2D eigenvalue weighted by Gasteiger charge is 2.16. The smallest absolute Gasteiger partial charge is 0.0814 e. The number of rotatable bonds is 0. The predicted molar refractivity (Wildman–Crippen MR) is 44.8 cm³/mol. The Balaban J connectivity index is 0. The molecule has 0 aliphatic carbocycles. The van der Waals surface area contributed by atoms with Crippen LogP contribution in [-0.4, -0.2) is 25.1 Å². The van der Waals surface area contributed by atoms with E-state index in [1.165, 1.54) is 0 Å². The van der Waals surface area contributed by atoms with Crippen molar-refractivity contribution in [3.63, 3.8) is 0 Å². The van der Waals surface area contributed by atoms with Gasteiger partial charge in [0, 0.05) is 13.3 Å². The van der Waals surface area contributed by atoms with Crippen molar-refractivity contribution in [1.29, 1.82) is 0 Å². The Morgan fingerprint density at radius 1 is 1.25 bits per heavy atom. The van der Waals surface area contributed by atoms with Crippen LogP contribution in [0, 0.1) is 0 Å². The van der Waals surface area contributed by atoms with Crippen LogP contribution in [0.25, 0.3) is 0 Å². The monoisotopic (exact) mass is 134 g/mol. The molecule has 8 heavy (non-hydrogen) atoms. The molecule has 0 aromatic rings. The zero-order valence-corrected chi connectivity index (χ0v) is 6.29. The first-order valence-corrected chi connectivity index (χ1v) is 4.11. The summed E-state index contributed by atoms with van der Waals surface area (Å²) in [7, 11) is -0.742. The summed E-state index contributed by atoms with van der Waals surface area (Å²) < 4.78 is 0. The zero-order valence-electron chi connectivity index (χ0n) is 5.39. The van der Waals surface area contributed by atoms with Gasteiger partial charge in [0.25, 0.3) is 0 Å². The minimum absolute atomic E-state index is 0. The fraction of sp³-hybridized carbons (Fsp3) is 1.00. The lowest BCUT2D eigenvalue weighted by Crippen LogP contribution is -2.09. The topological polar surface area (TPSA) is 20.2 Å². The van der Waals surface area contributed by atoms with E-state index in [2.05, 4.69) is 0 Å². The average Bonchev–Trinajstić information content (AvgIpc) is 1.31. The Labute approximate surface area is 54.9 Å². The van der Waals surface area contributed by atoms with Crippen molar-refractivity contribution < 1.29 is 4.89 Å². The van der Waals surface area contributed by atoms with E-state index in [1.54, 1.807) is 0 Å². The third-order valence-electron chi connectivity index (χ3n) is 0.971. The van der Waals surface area contributed by atoms with Crippen molar-refractivity contribution >= 4 is 16.6 Å². The molecule has 1 nitrogen and oxygen atoms in total. The van der Waals surface area contributed by atoms with Crippen LogP contribution in [0.2, 0.25) is 0 Å². The van der Waals surface area contributed by atoms with Crippen LogP contribution in [0.5, 0.6) is 0 Å². The molecule has 0 bridgehead atoms. The van der Waals surface area contributed by atoms with Gasteiger partial charge in [0.05, 0.1) is 8.41 Å². The molecule has 0 radical (unpaired) electrons. The molecule has 0 saturated heterocycles. The second kappa shape index (κ2) is 3.47. The Morgan fingerprint density at radius 2 is 1.38 bits per heavy atom. The fourth-order valence-corrected chi connectivity index (χ4v) is 0. The van der Waals surface area contributed by atoms with E-state index in [0.29, 0.717) is 0 Å². The molecule has 0 amide bonds. The molecule has 0 aliphatic heterocycles. The van der Waals surface area contributed by atoms with E-state index in [1.807, 2.05) is 27.4 Å². The van der Waals surface area contributed by atoms with Crippen LogP contribution < -0.4 is 0 Å². The molecule has 1 unspecified atom stereocenters. The van der Waals surface area contributed by atoms with Crippen molar-refractivity contribution in [3.8, 4) is 0 Å². The Kier molecular flexibility index (Phi) is 4.90. The third kappa shape index (κ3) is 4.61. The first-order valence-electron chi connectivity index (χ1n) is 2.37. The van der Waals surface area contributed by atoms with Crippen molar-refractivity contribution in [2.24, 2.45) is 0 Å². The van der Waals surface area contributed by atoms with E-state index in [0.717, 1.165) is 0 Å². The van der Waals surface area contributed by atoms with Crippen molar-refractivity contribution in [1.82, 2.24) is 0 Å². The van der Waals surface area contributed by atoms with Gasteiger partial charge in [0.2, 0.25) is 0 Å². The van der Waals surface area contributed by atoms with Crippen LogP contribution >= 0.6 is 8.15 Å². The Morgan fingerprint density at radius 3 is 1.38 bits per heavy atom. The normalized spacial score (nSPS) is 14.6. The molecule has 1 atom stereocenters. The maximum Gasteiger partial charge on any atom is 0.0814 e. The molecule has 0 aromatic heterocycles. The van der Waals surface area contributed by atoms with Gasteiger partial charge in [-0.3, -0.25) is 0 Å². The summed E-state index contributed by atoms with van der Waals surface area (Å²) in [5.41, 5.74) is 0. The number of hydrogen-bond acceptors (Lipinski definition) is 1. The van der Waals surface area contributed by atoms with Gasteiger partial charge in [-0.15, -0.1) is 0 Å². The van der Waals surface area contributed by atoms with Gasteiger partial charge in [-0.05, 0) is 6.66 Å². The second-order valence-electron chi connectivity index (χ2n) is 2.69. The van der Waals surface area contributed by atoms with Gasteiger partial charge in [-0.25, -0.2) is 0 Å². The lowest BCUT2D eigenvalue weighted by Gasteiger charge is -2.20. The largest absolute Gasteiger partial charge is 0.374 e. The summed E-state index contributed by atoms with van der Waals surface area (Å²) in [4.78, 5) is 8.95. The van der Waals surface area contributed by atoms with E-state index in [4.69, 9.17) is 4.89 Å². The molecule has 0 aliphatic rings. The molecule has 3 heteroatoms. The highest BCUT2D eigenvalue weighted by Crippen LogP contribution is 2.40. The molecular formula is C5H16BOP. The molecule has 1 N–H and O–H groups in total. The Bertz CT molecular complexity index is 57.9. The lowest BCUT2D eigenvalue weighted by atomic mass is 10.3. The average molecular weight is 134 g/mol. The molecule has 0 aromatic carbocycles. The van der Waals surface area contributed by atoms with Crippen LogP contribution in [0.3, 0.4) is 0 Å². The van der Waals surface area contributed by atoms with Gasteiger partial charge < -0.3 is 4.89 Å². The van der Waals surface area contributed by atoms with Crippen molar-refractivity contribution in [2.45, 2.75) is 25.9 Å². The van der Waals surface area contributed by atoms with Crippen LogP contribution in [0.15, 0.2) is 0 Å². The van der Waals surface area contributed by atoms with Gasteiger partial charge >= 0.3 is 0 Å². The highest BCUT2D eigenvalue weighted by molar-refractivity contribution is 7.52. The van der Waals surface area contributed by atoms with Gasteiger partial charge in [-0.1, -0.05) is 20.8 Å². The molecule has 0 fully saturated rings. The standard InChI is InChI=1S/C5H13OP.BH3/c1-5(2,3)7(4)6;/h6H,1-4H3;1H3. The molecule has 50 valence electrons. The summed E-state index contributed by atoms with van der Waals surface area (Å²) in [5, 5.41) is 0.120. The maximum absolute atomic E-state index is 8.95. The molecule has 0 spiro atoms. The highest BCUT2D eigenvalue weighted by atomic mass is 31.1. The van der Waals surface area contributed by atoms with E-state index < -0.39 is 8.15 Å². The molecule has 0 heterocycles. The van der Waals surface area contributed by atoms with Gasteiger partial charge in [0.15, 0.2) is 0 Å². The maximum atomic E-state index is 8.95. The van der Waals surface area contributed by atoms with E-state index >= 15 is 0 Å². The van der Waals surface area contributed by atoms with Crippen LogP contribution in [0.1, 0.15) is 20.8 Å². The number of hydrogen-bond donors (Lipinski definition) is 1. The molecular weight excluding hydrogens is 118 g/mol. The van der Waals surface area contributed by atoms with Crippen LogP contribution in [-0.2, 0) is 0 Å². The quantitative estimate of drug-likeness (QED) is 0.380. The third-order valence-corrected chi connectivity index (χ3v) is 2.91. The molecule has 0 saturated carbocycles. The summed E-state index contributed by atoms with van der Waals surface area (Å²) in [6, 6.07) is 0. The van der Waals surface area contributed by atoms with Gasteiger partial charge in [0.1, 0.15) is 0 Å². The summed E-state index contributed by atoms with van der Waals surface area (Å²) >= 11 is 0. The minimum atomic E-state index is -0.742. The molecule has 0 rings (SSSR count).